The number of rotatable bonds is 3. The lowest BCUT2D eigenvalue weighted by Crippen LogP contribution is -2.45. The van der Waals surface area contributed by atoms with E-state index in [1.165, 1.54) is 12.1 Å². The Morgan fingerprint density at radius 1 is 0.960 bits per heavy atom. The van der Waals surface area contributed by atoms with Crippen molar-refractivity contribution in [1.82, 2.24) is 10.2 Å². The summed E-state index contributed by atoms with van der Waals surface area (Å²) in [4.78, 5) is 2.15. The summed E-state index contributed by atoms with van der Waals surface area (Å²) in [6.45, 7) is 7.01. The fourth-order valence-electron chi connectivity index (χ4n) is 3.63. The van der Waals surface area contributed by atoms with Crippen LogP contribution in [0, 0.1) is 13.8 Å². The summed E-state index contributed by atoms with van der Waals surface area (Å²) in [6.07, 6.45) is -4.36. The SMILES string of the molecule is Cc1ccc(C(c2ccccc2C(F)(F)F)N2CCNCC2)c(C)c1. The van der Waals surface area contributed by atoms with Crippen LogP contribution in [0.25, 0.3) is 0 Å². The summed E-state index contributed by atoms with van der Waals surface area (Å²) in [5, 5.41) is 3.28. The van der Waals surface area contributed by atoms with Crippen molar-refractivity contribution in [3.05, 3.63) is 70.3 Å². The van der Waals surface area contributed by atoms with E-state index in [4.69, 9.17) is 0 Å². The molecule has 1 atom stereocenters. The molecule has 1 aliphatic rings. The van der Waals surface area contributed by atoms with Crippen LogP contribution in [0.4, 0.5) is 13.2 Å². The maximum Gasteiger partial charge on any atom is 0.416 e. The molecule has 1 unspecified atom stereocenters. The van der Waals surface area contributed by atoms with Gasteiger partial charge in [-0.2, -0.15) is 13.2 Å². The highest BCUT2D eigenvalue weighted by Gasteiger charge is 2.37. The van der Waals surface area contributed by atoms with Crippen LogP contribution in [0.2, 0.25) is 0 Å². The summed E-state index contributed by atoms with van der Waals surface area (Å²) < 4.78 is 40.9. The highest BCUT2D eigenvalue weighted by Crippen LogP contribution is 2.40. The van der Waals surface area contributed by atoms with Gasteiger partial charge in [-0.1, -0.05) is 42.0 Å². The topological polar surface area (TPSA) is 15.3 Å². The Bertz CT molecular complexity index is 734. The van der Waals surface area contributed by atoms with Gasteiger partial charge in [-0.3, -0.25) is 4.90 Å². The number of nitrogens with one attached hydrogen (secondary N) is 1. The van der Waals surface area contributed by atoms with Gasteiger partial charge in [0.05, 0.1) is 11.6 Å². The van der Waals surface area contributed by atoms with Crippen molar-refractivity contribution in [3.63, 3.8) is 0 Å². The number of piperazine rings is 1. The first-order chi connectivity index (χ1) is 11.9. The van der Waals surface area contributed by atoms with Crippen molar-refractivity contribution in [2.75, 3.05) is 26.2 Å². The van der Waals surface area contributed by atoms with Crippen LogP contribution in [0.5, 0.6) is 0 Å². The Hall–Kier alpha value is -1.85. The Kier molecular flexibility index (Phi) is 5.16. The molecule has 1 aliphatic heterocycles. The second-order valence-corrected chi connectivity index (χ2v) is 6.63. The van der Waals surface area contributed by atoms with Crippen molar-refractivity contribution in [2.24, 2.45) is 0 Å². The van der Waals surface area contributed by atoms with Gasteiger partial charge in [0, 0.05) is 26.2 Å². The van der Waals surface area contributed by atoms with Crippen LogP contribution in [0.3, 0.4) is 0 Å². The lowest BCUT2D eigenvalue weighted by atomic mass is 9.89. The second-order valence-electron chi connectivity index (χ2n) is 6.63. The Morgan fingerprint density at radius 3 is 2.28 bits per heavy atom. The molecular weight excluding hydrogens is 325 g/mol. The monoisotopic (exact) mass is 348 g/mol. The molecule has 1 N–H and O–H groups in total. The standard InChI is InChI=1S/C20H23F3N2/c1-14-7-8-16(15(2)13-14)19(25-11-9-24-10-12-25)17-5-3-4-6-18(17)20(21,22)23/h3-8,13,19,24H,9-12H2,1-2H3. The van der Waals surface area contributed by atoms with Crippen LogP contribution in [0.1, 0.15) is 33.9 Å². The van der Waals surface area contributed by atoms with Crippen molar-refractivity contribution in [3.8, 4) is 0 Å². The Labute approximate surface area is 146 Å². The van der Waals surface area contributed by atoms with E-state index in [0.29, 0.717) is 5.56 Å². The van der Waals surface area contributed by atoms with E-state index < -0.39 is 11.7 Å². The van der Waals surface area contributed by atoms with Gasteiger partial charge < -0.3 is 5.32 Å². The first-order valence-electron chi connectivity index (χ1n) is 8.56. The summed E-state index contributed by atoms with van der Waals surface area (Å²) in [6, 6.07) is 11.6. The first-order valence-corrected chi connectivity index (χ1v) is 8.56. The first kappa shape index (κ1) is 18.0. The lowest BCUT2D eigenvalue weighted by Gasteiger charge is -2.37. The zero-order valence-corrected chi connectivity index (χ0v) is 14.5. The van der Waals surface area contributed by atoms with Crippen LogP contribution in [-0.4, -0.2) is 31.1 Å². The normalized spacial score (nSPS) is 17.5. The van der Waals surface area contributed by atoms with E-state index >= 15 is 0 Å². The van der Waals surface area contributed by atoms with E-state index in [0.717, 1.165) is 42.9 Å². The number of halogens is 3. The number of benzene rings is 2. The molecule has 0 spiro atoms. The number of alkyl halides is 3. The maximum absolute atomic E-state index is 13.6. The molecule has 0 radical (unpaired) electrons. The van der Waals surface area contributed by atoms with Gasteiger partial charge in [-0.15, -0.1) is 0 Å². The molecule has 1 heterocycles. The van der Waals surface area contributed by atoms with E-state index in [1.54, 1.807) is 12.1 Å². The third-order valence-corrected chi connectivity index (χ3v) is 4.80. The molecule has 2 nitrogen and oxygen atoms in total. The van der Waals surface area contributed by atoms with E-state index in [9.17, 15) is 13.2 Å². The molecule has 2 aromatic carbocycles. The highest BCUT2D eigenvalue weighted by atomic mass is 19.4. The van der Waals surface area contributed by atoms with Crippen molar-refractivity contribution < 1.29 is 13.2 Å². The van der Waals surface area contributed by atoms with Crippen LogP contribution >= 0.6 is 0 Å². The minimum Gasteiger partial charge on any atom is -0.314 e. The molecule has 0 amide bonds. The molecule has 2 aromatic rings. The minimum atomic E-state index is -4.36. The third-order valence-electron chi connectivity index (χ3n) is 4.80. The second kappa shape index (κ2) is 7.18. The molecule has 0 saturated carbocycles. The average molecular weight is 348 g/mol. The van der Waals surface area contributed by atoms with Crippen LogP contribution in [0.15, 0.2) is 42.5 Å². The van der Waals surface area contributed by atoms with Gasteiger partial charge in [0.1, 0.15) is 0 Å². The van der Waals surface area contributed by atoms with Crippen LogP contribution in [-0.2, 0) is 6.18 Å². The number of hydrogen-bond donors (Lipinski definition) is 1. The zero-order chi connectivity index (χ0) is 18.0. The third kappa shape index (κ3) is 3.88. The molecule has 0 bridgehead atoms. The summed E-state index contributed by atoms with van der Waals surface area (Å²) >= 11 is 0. The molecule has 0 aromatic heterocycles. The van der Waals surface area contributed by atoms with Gasteiger partial charge in [0.15, 0.2) is 0 Å². The molecule has 25 heavy (non-hydrogen) atoms. The van der Waals surface area contributed by atoms with Crippen molar-refractivity contribution in [2.45, 2.75) is 26.1 Å². The van der Waals surface area contributed by atoms with Gasteiger partial charge in [-0.05, 0) is 36.6 Å². The fraction of sp³-hybridized carbons (Fsp3) is 0.400. The molecular formula is C20H23F3N2. The van der Waals surface area contributed by atoms with E-state index in [2.05, 4.69) is 10.2 Å². The molecule has 3 rings (SSSR count). The minimum absolute atomic E-state index is 0.337. The zero-order valence-electron chi connectivity index (χ0n) is 14.5. The smallest absolute Gasteiger partial charge is 0.314 e. The van der Waals surface area contributed by atoms with Gasteiger partial charge in [-0.25, -0.2) is 0 Å². The van der Waals surface area contributed by atoms with E-state index in [-0.39, 0.29) is 6.04 Å². The quantitative estimate of drug-likeness (QED) is 0.889. The largest absolute Gasteiger partial charge is 0.416 e. The maximum atomic E-state index is 13.6. The van der Waals surface area contributed by atoms with Gasteiger partial charge >= 0.3 is 6.18 Å². The molecule has 0 aliphatic carbocycles. The lowest BCUT2D eigenvalue weighted by molar-refractivity contribution is -0.138. The van der Waals surface area contributed by atoms with Crippen molar-refractivity contribution >= 4 is 0 Å². The molecule has 1 saturated heterocycles. The van der Waals surface area contributed by atoms with Gasteiger partial charge in [0.25, 0.3) is 0 Å². The predicted octanol–water partition coefficient (Wildman–Crippen LogP) is 4.32. The van der Waals surface area contributed by atoms with Crippen LogP contribution < -0.4 is 5.32 Å². The number of hydrogen-bond acceptors (Lipinski definition) is 2. The summed E-state index contributed by atoms with van der Waals surface area (Å²) in [5.41, 5.74) is 2.89. The number of aryl methyl sites for hydroxylation is 2. The summed E-state index contributed by atoms with van der Waals surface area (Å²) in [7, 11) is 0. The van der Waals surface area contributed by atoms with E-state index in [1.807, 2.05) is 32.0 Å². The van der Waals surface area contributed by atoms with Gasteiger partial charge in [0.2, 0.25) is 0 Å². The average Bonchev–Trinajstić information content (AvgIpc) is 2.58. The Balaban J connectivity index is 2.15. The fourth-order valence-corrected chi connectivity index (χ4v) is 3.63. The Morgan fingerprint density at radius 2 is 1.64 bits per heavy atom. The summed E-state index contributed by atoms with van der Waals surface area (Å²) in [5.74, 6) is 0. The van der Waals surface area contributed by atoms with Crippen molar-refractivity contribution in [1.29, 1.82) is 0 Å². The number of nitrogens with zero attached hydrogens (tertiary/aromatic N) is 1. The molecule has 1 fully saturated rings. The predicted molar refractivity (Wildman–Crippen MR) is 93.6 cm³/mol. The molecule has 5 heteroatoms. The molecule has 134 valence electrons. The highest BCUT2D eigenvalue weighted by molar-refractivity contribution is 5.43.